The quantitative estimate of drug-likeness (QED) is 0.690. The van der Waals surface area contributed by atoms with Crippen LogP contribution < -0.4 is 4.90 Å². The van der Waals surface area contributed by atoms with E-state index in [4.69, 9.17) is 11.6 Å². The van der Waals surface area contributed by atoms with Crippen LogP contribution in [0, 0.1) is 0 Å². The second-order valence-electron chi connectivity index (χ2n) is 4.24. The number of anilines is 1. The average molecular weight is 276 g/mol. The van der Waals surface area contributed by atoms with Crippen LogP contribution in [0.5, 0.6) is 0 Å². The number of hydrogen-bond acceptors (Lipinski definition) is 4. The summed E-state index contributed by atoms with van der Waals surface area (Å²) in [5.74, 6) is 0.139. The molecule has 0 amide bonds. The topological polar surface area (TPSA) is 49.2 Å². The molecule has 19 heavy (non-hydrogen) atoms. The molecule has 0 saturated heterocycles. The molecule has 0 aliphatic rings. The van der Waals surface area contributed by atoms with Crippen molar-refractivity contribution < 1.29 is 5.11 Å². The molecular formula is C14H14ClN3O. The molecule has 0 aliphatic carbocycles. The molecule has 0 aliphatic heterocycles. The fourth-order valence-electron chi connectivity index (χ4n) is 1.58. The van der Waals surface area contributed by atoms with Crippen LogP contribution in [0.1, 0.15) is 11.3 Å². The van der Waals surface area contributed by atoms with E-state index in [1.807, 2.05) is 43.3 Å². The van der Waals surface area contributed by atoms with Gasteiger partial charge in [0.15, 0.2) is 0 Å². The number of benzene rings is 1. The van der Waals surface area contributed by atoms with Crippen LogP contribution in [0.25, 0.3) is 11.8 Å². The Balaban J connectivity index is 2.26. The third-order valence-corrected chi connectivity index (χ3v) is 2.83. The van der Waals surface area contributed by atoms with E-state index in [1.54, 1.807) is 12.1 Å². The molecule has 0 bridgehead atoms. The molecule has 0 saturated carbocycles. The Morgan fingerprint density at radius 1 is 1.21 bits per heavy atom. The lowest BCUT2D eigenvalue weighted by Crippen LogP contribution is -2.08. The maximum atomic E-state index is 10.0. The van der Waals surface area contributed by atoms with Crippen molar-refractivity contribution >= 4 is 29.1 Å². The zero-order valence-corrected chi connectivity index (χ0v) is 11.5. The Bertz CT molecular complexity index is 594. The first-order valence-electron chi connectivity index (χ1n) is 5.72. The lowest BCUT2D eigenvalue weighted by molar-refractivity contribution is 0.515. The van der Waals surface area contributed by atoms with E-state index < -0.39 is 0 Å². The van der Waals surface area contributed by atoms with E-state index in [-0.39, 0.29) is 5.76 Å². The summed E-state index contributed by atoms with van der Waals surface area (Å²) in [6.45, 7) is 0. The first-order chi connectivity index (χ1) is 9.06. The van der Waals surface area contributed by atoms with E-state index in [1.165, 1.54) is 6.33 Å². The number of aliphatic hydroxyl groups is 1. The van der Waals surface area contributed by atoms with Crippen LogP contribution in [0.4, 0.5) is 5.69 Å². The molecule has 1 aromatic heterocycles. The average Bonchev–Trinajstić information content (AvgIpc) is 2.39. The van der Waals surface area contributed by atoms with Crippen molar-refractivity contribution in [3.63, 3.8) is 0 Å². The van der Waals surface area contributed by atoms with Crippen LogP contribution >= 0.6 is 11.6 Å². The van der Waals surface area contributed by atoms with E-state index in [9.17, 15) is 5.11 Å². The maximum Gasteiger partial charge on any atom is 0.133 e. The smallest absolute Gasteiger partial charge is 0.133 e. The highest BCUT2D eigenvalue weighted by Crippen LogP contribution is 2.19. The van der Waals surface area contributed by atoms with Gasteiger partial charge < -0.3 is 10.0 Å². The van der Waals surface area contributed by atoms with Crippen molar-refractivity contribution in [3.8, 4) is 0 Å². The van der Waals surface area contributed by atoms with Crippen molar-refractivity contribution in [2.75, 3.05) is 19.0 Å². The van der Waals surface area contributed by atoms with Crippen LogP contribution in [0.15, 0.2) is 36.7 Å². The lowest BCUT2D eigenvalue weighted by atomic mass is 10.1. The van der Waals surface area contributed by atoms with Crippen LogP contribution in [-0.2, 0) is 0 Å². The molecular weight excluding hydrogens is 262 g/mol. The van der Waals surface area contributed by atoms with Gasteiger partial charge in [-0.1, -0.05) is 11.6 Å². The van der Waals surface area contributed by atoms with E-state index in [2.05, 4.69) is 9.97 Å². The third kappa shape index (κ3) is 3.45. The minimum Gasteiger partial charge on any atom is -0.507 e. The standard InChI is InChI=1S/C14H14ClN3O/c1-18(2)12-5-3-10(4-6-12)13(19)7-11-8-14(15)17-9-16-11/h3-9,19H,1-2H3/b13-7-. The van der Waals surface area contributed by atoms with Crippen LogP contribution in [0.3, 0.4) is 0 Å². The summed E-state index contributed by atoms with van der Waals surface area (Å²) in [5, 5.41) is 10.4. The minimum atomic E-state index is 0.139. The van der Waals surface area contributed by atoms with E-state index in [0.717, 1.165) is 11.3 Å². The summed E-state index contributed by atoms with van der Waals surface area (Å²) in [4.78, 5) is 9.79. The SMILES string of the molecule is CN(C)c1ccc(/C(O)=C/c2cc(Cl)ncn2)cc1. The molecule has 0 fully saturated rings. The van der Waals surface area contributed by atoms with Gasteiger partial charge in [-0.3, -0.25) is 0 Å². The normalized spacial score (nSPS) is 11.4. The summed E-state index contributed by atoms with van der Waals surface area (Å²) < 4.78 is 0. The first-order valence-corrected chi connectivity index (χ1v) is 6.10. The van der Waals surface area contributed by atoms with Gasteiger partial charge in [0.05, 0.1) is 5.69 Å². The van der Waals surface area contributed by atoms with Gasteiger partial charge in [-0.25, -0.2) is 9.97 Å². The summed E-state index contributed by atoms with van der Waals surface area (Å²) in [6, 6.07) is 9.17. The summed E-state index contributed by atoms with van der Waals surface area (Å²) in [5.41, 5.74) is 2.36. The zero-order chi connectivity index (χ0) is 13.8. The Morgan fingerprint density at radius 3 is 2.47 bits per heavy atom. The van der Waals surface area contributed by atoms with Gasteiger partial charge in [0.25, 0.3) is 0 Å². The minimum absolute atomic E-state index is 0.139. The molecule has 0 radical (unpaired) electrons. The molecule has 1 heterocycles. The van der Waals surface area contributed by atoms with Crippen molar-refractivity contribution in [3.05, 3.63) is 53.1 Å². The molecule has 0 spiro atoms. The summed E-state index contributed by atoms with van der Waals surface area (Å²) in [6.07, 6.45) is 2.91. The highest BCUT2D eigenvalue weighted by atomic mass is 35.5. The van der Waals surface area contributed by atoms with Gasteiger partial charge in [-0.05, 0) is 24.3 Å². The number of rotatable bonds is 3. The Morgan fingerprint density at radius 2 is 1.89 bits per heavy atom. The van der Waals surface area contributed by atoms with Gasteiger partial charge in [0, 0.05) is 37.5 Å². The Kier molecular flexibility index (Phi) is 4.02. The largest absolute Gasteiger partial charge is 0.507 e. The third-order valence-electron chi connectivity index (χ3n) is 2.62. The molecule has 2 rings (SSSR count). The van der Waals surface area contributed by atoms with E-state index >= 15 is 0 Å². The van der Waals surface area contributed by atoms with Crippen molar-refractivity contribution in [1.82, 2.24) is 9.97 Å². The molecule has 98 valence electrons. The first kappa shape index (κ1) is 13.4. The molecule has 1 aromatic carbocycles. The van der Waals surface area contributed by atoms with Gasteiger partial charge in [-0.15, -0.1) is 0 Å². The predicted octanol–water partition coefficient (Wildman–Crippen LogP) is 3.25. The second-order valence-corrected chi connectivity index (χ2v) is 4.62. The number of hydrogen-bond donors (Lipinski definition) is 1. The van der Waals surface area contributed by atoms with Gasteiger partial charge in [0.1, 0.15) is 17.2 Å². The molecule has 4 nitrogen and oxygen atoms in total. The molecule has 5 heteroatoms. The monoisotopic (exact) mass is 275 g/mol. The predicted molar refractivity (Wildman–Crippen MR) is 78.3 cm³/mol. The maximum absolute atomic E-state index is 10.0. The van der Waals surface area contributed by atoms with E-state index in [0.29, 0.717) is 10.8 Å². The van der Waals surface area contributed by atoms with Crippen molar-refractivity contribution in [2.45, 2.75) is 0 Å². The Hall–Kier alpha value is -2.07. The molecule has 0 atom stereocenters. The van der Waals surface area contributed by atoms with Gasteiger partial charge in [0.2, 0.25) is 0 Å². The van der Waals surface area contributed by atoms with Crippen molar-refractivity contribution in [1.29, 1.82) is 0 Å². The van der Waals surface area contributed by atoms with Gasteiger partial charge >= 0.3 is 0 Å². The number of aliphatic hydroxyl groups excluding tert-OH is 1. The van der Waals surface area contributed by atoms with Crippen molar-refractivity contribution in [2.24, 2.45) is 0 Å². The Labute approximate surface area is 117 Å². The molecule has 2 aromatic rings. The highest BCUT2D eigenvalue weighted by Gasteiger charge is 2.02. The molecule has 0 unspecified atom stereocenters. The summed E-state index contributed by atoms with van der Waals surface area (Å²) in [7, 11) is 3.93. The lowest BCUT2D eigenvalue weighted by Gasteiger charge is -2.12. The highest BCUT2D eigenvalue weighted by molar-refractivity contribution is 6.29. The number of halogens is 1. The molecule has 1 N–H and O–H groups in total. The number of nitrogens with zero attached hydrogens (tertiary/aromatic N) is 3. The summed E-state index contributed by atoms with van der Waals surface area (Å²) >= 11 is 5.76. The number of aromatic nitrogens is 2. The fourth-order valence-corrected chi connectivity index (χ4v) is 1.74. The zero-order valence-electron chi connectivity index (χ0n) is 10.7. The van der Waals surface area contributed by atoms with Crippen LogP contribution in [-0.4, -0.2) is 29.2 Å². The van der Waals surface area contributed by atoms with Gasteiger partial charge in [-0.2, -0.15) is 0 Å². The fraction of sp³-hybridized carbons (Fsp3) is 0.143. The van der Waals surface area contributed by atoms with Crippen LogP contribution in [0.2, 0.25) is 5.15 Å². The second kappa shape index (κ2) is 5.71.